The van der Waals surface area contributed by atoms with Crippen molar-refractivity contribution in [2.45, 2.75) is 18.9 Å². The molecule has 1 fully saturated rings. The van der Waals surface area contributed by atoms with Crippen LogP contribution in [0.2, 0.25) is 0 Å². The van der Waals surface area contributed by atoms with Crippen molar-refractivity contribution in [2.75, 3.05) is 6.61 Å². The lowest BCUT2D eigenvalue weighted by Gasteiger charge is -2.34. The van der Waals surface area contributed by atoms with E-state index in [1.807, 2.05) is 0 Å². The van der Waals surface area contributed by atoms with E-state index in [0.29, 0.717) is 5.92 Å². The summed E-state index contributed by atoms with van der Waals surface area (Å²) in [4.78, 5) is 24.3. The molecule has 0 atom stereocenters. The summed E-state index contributed by atoms with van der Waals surface area (Å²) >= 11 is 0. The average molecular weight is 196 g/mol. The van der Waals surface area contributed by atoms with Crippen LogP contribution in [0, 0.1) is 5.92 Å². The quantitative estimate of drug-likeness (QED) is 0.668. The largest absolute Gasteiger partial charge is 0.396 e. The molecule has 0 spiro atoms. The highest BCUT2D eigenvalue weighted by atomic mass is 16.3. The Balaban J connectivity index is 2.19. The van der Waals surface area contributed by atoms with E-state index in [-0.39, 0.29) is 23.9 Å². The van der Waals surface area contributed by atoms with Crippen molar-refractivity contribution in [1.82, 2.24) is 9.55 Å². The smallest absolute Gasteiger partial charge is 0.328 e. The van der Waals surface area contributed by atoms with Crippen molar-refractivity contribution in [3.63, 3.8) is 0 Å². The zero-order valence-corrected chi connectivity index (χ0v) is 7.64. The molecule has 0 amide bonds. The maximum atomic E-state index is 11.3. The van der Waals surface area contributed by atoms with Gasteiger partial charge in [0.2, 0.25) is 0 Å². The van der Waals surface area contributed by atoms with E-state index in [9.17, 15) is 9.59 Å². The van der Waals surface area contributed by atoms with Crippen LogP contribution in [0.1, 0.15) is 18.9 Å². The molecule has 0 bridgehead atoms. The Morgan fingerprint density at radius 2 is 2.21 bits per heavy atom. The lowest BCUT2D eigenvalue weighted by atomic mass is 9.81. The molecule has 5 nitrogen and oxygen atoms in total. The molecule has 1 saturated carbocycles. The predicted molar refractivity (Wildman–Crippen MR) is 50.2 cm³/mol. The molecular weight excluding hydrogens is 184 g/mol. The van der Waals surface area contributed by atoms with Crippen LogP contribution in [-0.2, 0) is 0 Å². The first-order valence-corrected chi connectivity index (χ1v) is 4.63. The number of aromatic nitrogens is 2. The third-order valence-corrected chi connectivity index (χ3v) is 2.71. The van der Waals surface area contributed by atoms with E-state index < -0.39 is 0 Å². The average Bonchev–Trinajstić information content (AvgIpc) is 2.06. The topological polar surface area (TPSA) is 75.1 Å². The van der Waals surface area contributed by atoms with Crippen LogP contribution < -0.4 is 11.2 Å². The van der Waals surface area contributed by atoms with Gasteiger partial charge in [0, 0.05) is 24.9 Å². The SMILES string of the molecule is O=c1ccn([C@H]2C[C@@H](CO)C2)c(=O)[nH]1. The summed E-state index contributed by atoms with van der Waals surface area (Å²) in [5.41, 5.74) is -0.733. The first-order valence-electron chi connectivity index (χ1n) is 4.63. The Morgan fingerprint density at radius 1 is 1.50 bits per heavy atom. The van der Waals surface area contributed by atoms with Gasteiger partial charge < -0.3 is 5.11 Å². The highest BCUT2D eigenvalue weighted by Crippen LogP contribution is 2.35. The van der Waals surface area contributed by atoms with E-state index in [2.05, 4.69) is 4.98 Å². The number of aliphatic hydroxyl groups excluding tert-OH is 1. The van der Waals surface area contributed by atoms with Gasteiger partial charge in [-0.3, -0.25) is 14.3 Å². The Hall–Kier alpha value is -1.36. The number of hydrogen-bond donors (Lipinski definition) is 2. The van der Waals surface area contributed by atoms with E-state index in [0.717, 1.165) is 12.8 Å². The van der Waals surface area contributed by atoms with E-state index >= 15 is 0 Å². The van der Waals surface area contributed by atoms with Crippen LogP contribution in [0.5, 0.6) is 0 Å². The normalized spacial score (nSPS) is 25.8. The van der Waals surface area contributed by atoms with Gasteiger partial charge in [-0.25, -0.2) is 4.79 Å². The minimum Gasteiger partial charge on any atom is -0.396 e. The van der Waals surface area contributed by atoms with Gasteiger partial charge in [-0.05, 0) is 18.8 Å². The van der Waals surface area contributed by atoms with Gasteiger partial charge in [-0.15, -0.1) is 0 Å². The molecule has 0 radical (unpaired) electrons. The maximum absolute atomic E-state index is 11.3. The number of nitrogens with one attached hydrogen (secondary N) is 1. The van der Waals surface area contributed by atoms with Gasteiger partial charge in [-0.1, -0.05) is 0 Å². The van der Waals surface area contributed by atoms with Crippen molar-refractivity contribution in [3.05, 3.63) is 33.1 Å². The van der Waals surface area contributed by atoms with Gasteiger partial charge in [0.05, 0.1) is 0 Å². The van der Waals surface area contributed by atoms with Gasteiger partial charge in [-0.2, -0.15) is 0 Å². The van der Waals surface area contributed by atoms with Crippen molar-refractivity contribution < 1.29 is 5.11 Å². The van der Waals surface area contributed by atoms with Crippen LogP contribution in [-0.4, -0.2) is 21.3 Å². The summed E-state index contributed by atoms with van der Waals surface area (Å²) in [6.45, 7) is 0.175. The molecule has 5 heteroatoms. The summed E-state index contributed by atoms with van der Waals surface area (Å²) < 4.78 is 1.52. The number of H-pyrrole nitrogens is 1. The second kappa shape index (κ2) is 3.42. The molecule has 2 rings (SSSR count). The van der Waals surface area contributed by atoms with Crippen LogP contribution in [0.15, 0.2) is 21.9 Å². The zero-order valence-electron chi connectivity index (χ0n) is 7.64. The summed E-state index contributed by atoms with van der Waals surface area (Å²) in [5, 5.41) is 8.82. The molecule has 1 aliphatic carbocycles. The summed E-state index contributed by atoms with van der Waals surface area (Å²) in [7, 11) is 0. The number of nitrogens with zero attached hydrogens (tertiary/aromatic N) is 1. The zero-order chi connectivity index (χ0) is 10.1. The summed E-state index contributed by atoms with van der Waals surface area (Å²) in [5.74, 6) is 0.304. The standard InChI is InChI=1S/C9H12N2O3/c12-5-6-3-7(4-6)11-2-1-8(13)10-9(11)14/h1-2,6-7,12H,3-5H2,(H,10,13,14)/t6-,7+. The Bertz CT molecular complexity index is 428. The molecule has 0 aliphatic heterocycles. The van der Waals surface area contributed by atoms with Crippen LogP contribution in [0.4, 0.5) is 0 Å². The van der Waals surface area contributed by atoms with Crippen molar-refractivity contribution in [2.24, 2.45) is 5.92 Å². The highest BCUT2D eigenvalue weighted by Gasteiger charge is 2.30. The molecule has 0 unspecified atom stereocenters. The molecule has 1 aliphatic rings. The van der Waals surface area contributed by atoms with Gasteiger partial charge in [0.15, 0.2) is 0 Å². The fraction of sp³-hybridized carbons (Fsp3) is 0.556. The molecule has 1 aromatic heterocycles. The number of hydrogen-bond acceptors (Lipinski definition) is 3. The maximum Gasteiger partial charge on any atom is 0.328 e. The molecule has 76 valence electrons. The lowest BCUT2D eigenvalue weighted by Crippen LogP contribution is -2.38. The molecule has 1 heterocycles. The second-order valence-electron chi connectivity index (χ2n) is 3.69. The first-order chi connectivity index (χ1) is 6.70. The van der Waals surface area contributed by atoms with E-state index in [4.69, 9.17) is 5.11 Å². The number of aliphatic hydroxyl groups is 1. The van der Waals surface area contributed by atoms with E-state index in [1.54, 1.807) is 0 Å². The monoisotopic (exact) mass is 196 g/mol. The molecule has 14 heavy (non-hydrogen) atoms. The molecule has 2 N–H and O–H groups in total. The minimum atomic E-state index is -0.371. The van der Waals surface area contributed by atoms with Crippen molar-refractivity contribution in [3.8, 4) is 0 Å². The predicted octanol–water partition coefficient (Wildman–Crippen LogP) is -0.520. The summed E-state index contributed by atoms with van der Waals surface area (Å²) in [6, 6.07) is 1.48. The fourth-order valence-corrected chi connectivity index (χ4v) is 1.79. The Labute approximate surface area is 80.0 Å². The first kappa shape index (κ1) is 9.21. The number of rotatable bonds is 2. The van der Waals surface area contributed by atoms with Crippen LogP contribution in [0.25, 0.3) is 0 Å². The highest BCUT2D eigenvalue weighted by molar-refractivity contribution is 4.91. The third-order valence-electron chi connectivity index (χ3n) is 2.71. The Kier molecular flexibility index (Phi) is 2.25. The summed E-state index contributed by atoms with van der Waals surface area (Å²) in [6.07, 6.45) is 3.13. The van der Waals surface area contributed by atoms with Gasteiger partial charge >= 0.3 is 5.69 Å². The van der Waals surface area contributed by atoms with E-state index in [1.165, 1.54) is 16.8 Å². The molecule has 0 aromatic carbocycles. The minimum absolute atomic E-state index is 0.136. The lowest BCUT2D eigenvalue weighted by molar-refractivity contribution is 0.109. The second-order valence-corrected chi connectivity index (χ2v) is 3.69. The fourth-order valence-electron chi connectivity index (χ4n) is 1.79. The van der Waals surface area contributed by atoms with Crippen molar-refractivity contribution >= 4 is 0 Å². The van der Waals surface area contributed by atoms with Crippen LogP contribution >= 0.6 is 0 Å². The van der Waals surface area contributed by atoms with Crippen molar-refractivity contribution in [1.29, 1.82) is 0 Å². The number of aromatic amines is 1. The van der Waals surface area contributed by atoms with Gasteiger partial charge in [0.25, 0.3) is 5.56 Å². The Morgan fingerprint density at radius 3 is 2.79 bits per heavy atom. The molecular formula is C9H12N2O3. The molecule has 0 saturated heterocycles. The van der Waals surface area contributed by atoms with Gasteiger partial charge in [0.1, 0.15) is 0 Å². The van der Waals surface area contributed by atoms with Crippen LogP contribution in [0.3, 0.4) is 0 Å². The third kappa shape index (κ3) is 1.50. The molecule has 1 aromatic rings.